The lowest BCUT2D eigenvalue weighted by Crippen LogP contribution is -2.21. The van der Waals surface area contributed by atoms with E-state index in [2.05, 4.69) is 26.6 Å². The predicted molar refractivity (Wildman–Crippen MR) is 140 cm³/mol. The lowest BCUT2D eigenvalue weighted by molar-refractivity contribution is -0.147. The van der Waals surface area contributed by atoms with Crippen molar-refractivity contribution in [2.24, 2.45) is 0 Å². The van der Waals surface area contributed by atoms with E-state index in [9.17, 15) is 14.4 Å². The van der Waals surface area contributed by atoms with Gasteiger partial charge < -0.3 is 24.8 Å². The van der Waals surface area contributed by atoms with E-state index in [-0.39, 0.29) is 18.7 Å². The molecule has 2 N–H and O–H groups in total. The molecule has 9 heteroatoms. The second kappa shape index (κ2) is 13.9. The number of carbonyl (C=O) groups excluding carboxylic acids is 3. The third-order valence-electron chi connectivity index (χ3n) is 4.79. The minimum atomic E-state index is -0.543. The molecule has 0 unspecified atom stereocenters. The normalized spacial score (nSPS) is 10.3. The summed E-state index contributed by atoms with van der Waals surface area (Å²) in [7, 11) is 0. The first kappa shape index (κ1) is 26.7. The maximum absolute atomic E-state index is 12.2. The molecular weight excluding hydrogens is 528 g/mol. The lowest BCUT2D eigenvalue weighted by atomic mass is 10.2. The third-order valence-corrected chi connectivity index (χ3v) is 5.31. The van der Waals surface area contributed by atoms with Crippen molar-refractivity contribution in [2.75, 3.05) is 23.8 Å². The average Bonchev–Trinajstić information content (AvgIpc) is 2.87. The first-order chi connectivity index (χ1) is 17.4. The molecule has 0 aliphatic rings. The second-order valence-corrected chi connectivity index (χ2v) is 8.56. The minimum absolute atomic E-state index is 0.0315. The quantitative estimate of drug-likeness (QED) is 0.269. The smallest absolute Gasteiger partial charge is 0.306 e. The zero-order valence-corrected chi connectivity index (χ0v) is 21.4. The van der Waals surface area contributed by atoms with E-state index in [0.29, 0.717) is 41.7 Å². The molecule has 0 aromatic heterocycles. The fourth-order valence-electron chi connectivity index (χ4n) is 3.08. The van der Waals surface area contributed by atoms with Crippen LogP contribution in [0.15, 0.2) is 77.3 Å². The summed E-state index contributed by atoms with van der Waals surface area (Å²) in [6.07, 6.45) is 0.476. The number of hydrogen-bond acceptors (Lipinski definition) is 6. The van der Waals surface area contributed by atoms with Gasteiger partial charge in [-0.2, -0.15) is 0 Å². The standard InChI is InChI=1S/C27H27BrN2O6/c1-2-34-22-14-8-21(9-15-22)30-26(32)18-35-27(33)5-3-4-25(31)29-20-10-16-24(17-11-20)36-23-12-6-19(28)7-13-23/h6-17H,2-5,18H2,1H3,(H,29,31)(H,30,32). The number of ether oxygens (including phenoxy) is 3. The fraction of sp³-hybridized carbons (Fsp3) is 0.222. The summed E-state index contributed by atoms with van der Waals surface area (Å²) in [6, 6.07) is 21.3. The van der Waals surface area contributed by atoms with E-state index in [4.69, 9.17) is 14.2 Å². The zero-order chi connectivity index (χ0) is 25.8. The Balaban J connectivity index is 1.31. The molecule has 2 amide bonds. The number of benzene rings is 3. The Kier molecular flexibility index (Phi) is 10.3. The number of rotatable bonds is 12. The van der Waals surface area contributed by atoms with Gasteiger partial charge >= 0.3 is 5.97 Å². The van der Waals surface area contributed by atoms with Crippen LogP contribution in [0.5, 0.6) is 17.2 Å². The predicted octanol–water partition coefficient (Wildman–Crippen LogP) is 5.93. The number of amides is 2. The molecule has 0 saturated carbocycles. The Bertz CT molecular complexity index is 1150. The SMILES string of the molecule is CCOc1ccc(NC(=O)COC(=O)CCCC(=O)Nc2ccc(Oc3ccc(Br)cc3)cc2)cc1. The Labute approximate surface area is 218 Å². The molecular formula is C27H27BrN2O6. The van der Waals surface area contributed by atoms with Gasteiger partial charge in [-0.05, 0) is 86.1 Å². The summed E-state index contributed by atoms with van der Waals surface area (Å²) in [5.41, 5.74) is 1.20. The molecule has 0 atom stereocenters. The van der Waals surface area contributed by atoms with E-state index in [1.165, 1.54) is 0 Å². The maximum Gasteiger partial charge on any atom is 0.306 e. The summed E-state index contributed by atoms with van der Waals surface area (Å²) in [5.74, 6) is 0.836. The Hall–Kier alpha value is -3.85. The number of esters is 1. The van der Waals surface area contributed by atoms with Gasteiger partial charge in [-0.3, -0.25) is 14.4 Å². The molecule has 36 heavy (non-hydrogen) atoms. The van der Waals surface area contributed by atoms with Crippen molar-refractivity contribution in [3.63, 3.8) is 0 Å². The second-order valence-electron chi connectivity index (χ2n) is 7.65. The van der Waals surface area contributed by atoms with E-state index in [1.807, 2.05) is 31.2 Å². The van der Waals surface area contributed by atoms with Crippen molar-refractivity contribution in [1.29, 1.82) is 0 Å². The molecule has 0 aliphatic carbocycles. The largest absolute Gasteiger partial charge is 0.494 e. The molecule has 0 fully saturated rings. The molecule has 0 heterocycles. The molecule has 8 nitrogen and oxygen atoms in total. The molecule has 3 aromatic carbocycles. The van der Waals surface area contributed by atoms with E-state index >= 15 is 0 Å². The number of nitrogens with one attached hydrogen (secondary N) is 2. The molecule has 0 saturated heterocycles. The topological polar surface area (TPSA) is 103 Å². The van der Waals surface area contributed by atoms with Crippen LogP contribution in [-0.2, 0) is 19.1 Å². The highest BCUT2D eigenvalue weighted by atomic mass is 79.9. The van der Waals surface area contributed by atoms with Gasteiger partial charge in [0.25, 0.3) is 5.91 Å². The molecule has 0 aliphatic heterocycles. The monoisotopic (exact) mass is 554 g/mol. The van der Waals surface area contributed by atoms with Gasteiger partial charge in [0.05, 0.1) is 6.61 Å². The summed E-state index contributed by atoms with van der Waals surface area (Å²) < 4.78 is 17.0. The van der Waals surface area contributed by atoms with Gasteiger partial charge in [-0.1, -0.05) is 15.9 Å². The van der Waals surface area contributed by atoms with E-state index < -0.39 is 18.5 Å². The maximum atomic E-state index is 12.2. The van der Waals surface area contributed by atoms with Gasteiger partial charge in [0.2, 0.25) is 5.91 Å². The molecule has 3 rings (SSSR count). The van der Waals surface area contributed by atoms with Crippen molar-refractivity contribution >= 4 is 45.1 Å². The van der Waals surface area contributed by atoms with Crippen LogP contribution < -0.4 is 20.1 Å². The highest BCUT2D eigenvalue weighted by Gasteiger charge is 2.10. The van der Waals surface area contributed by atoms with Crippen LogP contribution >= 0.6 is 15.9 Å². The van der Waals surface area contributed by atoms with Crippen LogP contribution in [0.25, 0.3) is 0 Å². The number of carbonyl (C=O) groups is 3. The first-order valence-corrected chi connectivity index (χ1v) is 12.2. The van der Waals surface area contributed by atoms with Gasteiger partial charge in [-0.25, -0.2) is 0 Å². The lowest BCUT2D eigenvalue weighted by Gasteiger charge is -2.09. The number of halogens is 1. The highest BCUT2D eigenvalue weighted by Crippen LogP contribution is 2.24. The minimum Gasteiger partial charge on any atom is -0.494 e. The van der Waals surface area contributed by atoms with Crippen LogP contribution in [0, 0.1) is 0 Å². The molecule has 188 valence electrons. The van der Waals surface area contributed by atoms with Crippen molar-refractivity contribution in [2.45, 2.75) is 26.2 Å². The van der Waals surface area contributed by atoms with Crippen molar-refractivity contribution in [3.05, 3.63) is 77.3 Å². The number of hydrogen-bond donors (Lipinski definition) is 2. The number of anilines is 2. The van der Waals surface area contributed by atoms with Crippen LogP contribution in [0.4, 0.5) is 11.4 Å². The van der Waals surface area contributed by atoms with Gasteiger partial charge in [0.15, 0.2) is 6.61 Å². The van der Waals surface area contributed by atoms with Crippen LogP contribution in [0.2, 0.25) is 0 Å². The van der Waals surface area contributed by atoms with Gasteiger partial charge in [0, 0.05) is 28.7 Å². The molecule has 0 radical (unpaired) electrons. The third kappa shape index (κ3) is 9.42. The Morgan fingerprint density at radius 1 is 0.722 bits per heavy atom. The van der Waals surface area contributed by atoms with Crippen molar-refractivity contribution in [3.8, 4) is 17.2 Å². The summed E-state index contributed by atoms with van der Waals surface area (Å²) >= 11 is 3.38. The first-order valence-electron chi connectivity index (χ1n) is 11.4. The van der Waals surface area contributed by atoms with Crippen LogP contribution in [0.1, 0.15) is 26.2 Å². The fourth-order valence-corrected chi connectivity index (χ4v) is 3.34. The average molecular weight is 555 g/mol. The Morgan fingerprint density at radius 2 is 1.25 bits per heavy atom. The van der Waals surface area contributed by atoms with Gasteiger partial charge in [0.1, 0.15) is 17.2 Å². The summed E-state index contributed by atoms with van der Waals surface area (Å²) in [5, 5.41) is 5.42. The van der Waals surface area contributed by atoms with E-state index in [0.717, 1.165) is 4.47 Å². The van der Waals surface area contributed by atoms with Crippen molar-refractivity contribution < 1.29 is 28.6 Å². The van der Waals surface area contributed by atoms with Gasteiger partial charge in [-0.15, -0.1) is 0 Å². The molecule has 3 aromatic rings. The highest BCUT2D eigenvalue weighted by molar-refractivity contribution is 9.10. The molecule has 0 spiro atoms. The Morgan fingerprint density at radius 3 is 1.83 bits per heavy atom. The summed E-state index contributed by atoms with van der Waals surface area (Å²) in [6.45, 7) is 2.05. The van der Waals surface area contributed by atoms with E-state index in [1.54, 1.807) is 48.5 Å². The van der Waals surface area contributed by atoms with Crippen LogP contribution in [0.3, 0.4) is 0 Å². The molecule has 0 bridgehead atoms. The van der Waals surface area contributed by atoms with Crippen molar-refractivity contribution in [1.82, 2.24) is 0 Å². The summed E-state index contributed by atoms with van der Waals surface area (Å²) in [4.78, 5) is 36.0. The zero-order valence-electron chi connectivity index (χ0n) is 19.8. The van der Waals surface area contributed by atoms with Crippen LogP contribution in [-0.4, -0.2) is 31.0 Å².